The number of para-hydroxylation sites is 1. The molecule has 1 heterocycles. The lowest BCUT2D eigenvalue weighted by Crippen LogP contribution is -2.48. The van der Waals surface area contributed by atoms with Crippen LogP contribution in [0.4, 0.5) is 0 Å². The predicted octanol–water partition coefficient (Wildman–Crippen LogP) is 2.81. The van der Waals surface area contributed by atoms with E-state index in [9.17, 15) is 8.42 Å². The highest BCUT2D eigenvalue weighted by molar-refractivity contribution is 7.91. The summed E-state index contributed by atoms with van der Waals surface area (Å²) >= 11 is 5.83. The number of ether oxygens (including phenoxy) is 1. The molecule has 1 saturated heterocycles. The van der Waals surface area contributed by atoms with Crippen molar-refractivity contribution in [3.63, 3.8) is 0 Å². The van der Waals surface area contributed by atoms with Gasteiger partial charge in [-0.3, -0.25) is 9.80 Å². The molecule has 1 fully saturated rings. The number of sulfone groups is 1. The van der Waals surface area contributed by atoms with Gasteiger partial charge in [-0.15, -0.1) is 0 Å². The molecule has 27 heavy (non-hydrogen) atoms. The van der Waals surface area contributed by atoms with E-state index in [-0.39, 0.29) is 5.75 Å². The molecule has 2 aromatic rings. The summed E-state index contributed by atoms with van der Waals surface area (Å²) in [5.41, 5.74) is 0. The quantitative estimate of drug-likeness (QED) is 0.672. The molecule has 7 heteroatoms. The standard InChI is InChI=1S/C20H25ClN2O3S/c21-18-6-8-20(9-7-18)27(24,25)17-15-23-12-10-22(11-13-23)14-16-26-19-4-2-1-3-5-19/h1-9H,10-17H2. The number of benzene rings is 2. The van der Waals surface area contributed by atoms with Crippen molar-refractivity contribution >= 4 is 21.4 Å². The van der Waals surface area contributed by atoms with Crippen molar-refractivity contribution in [1.82, 2.24) is 9.80 Å². The summed E-state index contributed by atoms with van der Waals surface area (Å²) in [5.74, 6) is 1.02. The Bertz CT molecular complexity index is 805. The highest BCUT2D eigenvalue weighted by Crippen LogP contribution is 2.16. The summed E-state index contributed by atoms with van der Waals surface area (Å²) in [6.07, 6.45) is 0. The summed E-state index contributed by atoms with van der Waals surface area (Å²) in [6, 6.07) is 16.2. The second kappa shape index (κ2) is 9.55. The molecular formula is C20H25ClN2O3S. The van der Waals surface area contributed by atoms with Crippen molar-refractivity contribution in [3.8, 4) is 5.75 Å². The lowest BCUT2D eigenvalue weighted by atomic mass is 10.3. The van der Waals surface area contributed by atoms with E-state index in [1.54, 1.807) is 24.3 Å². The van der Waals surface area contributed by atoms with E-state index in [2.05, 4.69) is 9.80 Å². The molecule has 0 radical (unpaired) electrons. The molecule has 0 aromatic heterocycles. The molecule has 0 amide bonds. The molecule has 2 aromatic carbocycles. The first-order chi connectivity index (χ1) is 13.0. The minimum Gasteiger partial charge on any atom is -0.492 e. The van der Waals surface area contributed by atoms with Crippen LogP contribution in [0.1, 0.15) is 0 Å². The number of halogens is 1. The van der Waals surface area contributed by atoms with Gasteiger partial charge in [0.25, 0.3) is 0 Å². The molecular weight excluding hydrogens is 384 g/mol. The fraction of sp³-hybridized carbons (Fsp3) is 0.400. The van der Waals surface area contributed by atoms with Gasteiger partial charge in [0, 0.05) is 44.3 Å². The fourth-order valence-electron chi connectivity index (χ4n) is 3.05. The Hall–Kier alpha value is -1.60. The van der Waals surface area contributed by atoms with E-state index >= 15 is 0 Å². The number of nitrogens with zero attached hydrogens (tertiary/aromatic N) is 2. The topological polar surface area (TPSA) is 49.9 Å². The molecule has 0 atom stereocenters. The average Bonchev–Trinajstić information content (AvgIpc) is 2.69. The summed E-state index contributed by atoms with van der Waals surface area (Å²) in [4.78, 5) is 4.90. The Kier molecular flexibility index (Phi) is 7.13. The zero-order valence-corrected chi connectivity index (χ0v) is 16.8. The molecule has 1 aliphatic rings. The van der Waals surface area contributed by atoms with Gasteiger partial charge in [-0.2, -0.15) is 0 Å². The number of hydrogen-bond donors (Lipinski definition) is 0. The molecule has 0 aliphatic carbocycles. The van der Waals surface area contributed by atoms with Crippen LogP contribution < -0.4 is 4.74 Å². The zero-order chi connectivity index (χ0) is 19.1. The third kappa shape index (κ3) is 6.21. The second-order valence-corrected chi connectivity index (χ2v) is 9.16. The van der Waals surface area contributed by atoms with Gasteiger partial charge in [-0.1, -0.05) is 29.8 Å². The van der Waals surface area contributed by atoms with E-state index in [0.717, 1.165) is 38.5 Å². The van der Waals surface area contributed by atoms with Gasteiger partial charge < -0.3 is 4.74 Å². The third-order valence-corrected chi connectivity index (χ3v) is 6.70. The molecule has 0 N–H and O–H groups in total. The lowest BCUT2D eigenvalue weighted by molar-refractivity contribution is 0.121. The second-order valence-electron chi connectivity index (χ2n) is 6.62. The van der Waals surface area contributed by atoms with Crippen molar-refractivity contribution < 1.29 is 13.2 Å². The van der Waals surface area contributed by atoms with Gasteiger partial charge in [-0.25, -0.2) is 8.42 Å². The van der Waals surface area contributed by atoms with E-state index in [1.807, 2.05) is 30.3 Å². The zero-order valence-electron chi connectivity index (χ0n) is 15.3. The van der Waals surface area contributed by atoms with Crippen molar-refractivity contribution in [1.29, 1.82) is 0 Å². The van der Waals surface area contributed by atoms with E-state index in [4.69, 9.17) is 16.3 Å². The molecule has 3 rings (SSSR count). The van der Waals surface area contributed by atoms with Crippen LogP contribution >= 0.6 is 11.6 Å². The molecule has 1 aliphatic heterocycles. The summed E-state index contributed by atoms with van der Waals surface area (Å²) < 4.78 is 30.6. The van der Waals surface area contributed by atoms with Gasteiger partial charge in [0.2, 0.25) is 0 Å². The van der Waals surface area contributed by atoms with E-state index in [1.165, 1.54) is 0 Å². The number of hydrogen-bond acceptors (Lipinski definition) is 5. The van der Waals surface area contributed by atoms with Crippen LogP contribution in [0.25, 0.3) is 0 Å². The molecule has 0 spiro atoms. The maximum absolute atomic E-state index is 12.4. The molecule has 5 nitrogen and oxygen atoms in total. The van der Waals surface area contributed by atoms with E-state index < -0.39 is 9.84 Å². The third-order valence-electron chi connectivity index (χ3n) is 4.73. The lowest BCUT2D eigenvalue weighted by Gasteiger charge is -2.34. The van der Waals surface area contributed by atoms with Gasteiger partial charge in [0.1, 0.15) is 12.4 Å². The average molecular weight is 409 g/mol. The first-order valence-corrected chi connectivity index (χ1v) is 11.2. The minimum absolute atomic E-state index is 0.131. The molecule has 0 bridgehead atoms. The van der Waals surface area contributed by atoms with Crippen LogP contribution in [-0.2, 0) is 9.84 Å². The Balaban J connectivity index is 1.37. The Labute approximate surface area is 166 Å². The molecule has 146 valence electrons. The van der Waals surface area contributed by atoms with Crippen LogP contribution in [0, 0.1) is 0 Å². The smallest absolute Gasteiger partial charge is 0.179 e. The predicted molar refractivity (Wildman–Crippen MR) is 108 cm³/mol. The summed E-state index contributed by atoms with van der Waals surface area (Å²) in [7, 11) is -3.27. The monoisotopic (exact) mass is 408 g/mol. The van der Waals surface area contributed by atoms with Crippen LogP contribution in [0.2, 0.25) is 5.02 Å². The minimum atomic E-state index is -3.27. The summed E-state index contributed by atoms with van der Waals surface area (Å²) in [5, 5.41) is 0.543. The number of rotatable bonds is 8. The maximum Gasteiger partial charge on any atom is 0.179 e. The highest BCUT2D eigenvalue weighted by atomic mass is 35.5. The highest BCUT2D eigenvalue weighted by Gasteiger charge is 2.20. The van der Waals surface area contributed by atoms with Gasteiger partial charge >= 0.3 is 0 Å². The first-order valence-electron chi connectivity index (χ1n) is 9.14. The van der Waals surface area contributed by atoms with Crippen LogP contribution in [0.15, 0.2) is 59.5 Å². The van der Waals surface area contributed by atoms with Crippen molar-refractivity contribution in [2.45, 2.75) is 4.90 Å². The molecule has 0 unspecified atom stereocenters. The van der Waals surface area contributed by atoms with Crippen molar-refractivity contribution in [3.05, 3.63) is 59.6 Å². The molecule has 0 saturated carbocycles. The Morgan fingerprint density at radius 2 is 1.44 bits per heavy atom. The summed E-state index contributed by atoms with van der Waals surface area (Å²) in [6.45, 7) is 5.71. The van der Waals surface area contributed by atoms with Gasteiger partial charge in [0.05, 0.1) is 10.6 Å². The Morgan fingerprint density at radius 1 is 0.852 bits per heavy atom. The normalized spacial score (nSPS) is 16.3. The van der Waals surface area contributed by atoms with Crippen LogP contribution in [-0.4, -0.2) is 69.8 Å². The Morgan fingerprint density at radius 3 is 2.07 bits per heavy atom. The van der Waals surface area contributed by atoms with Gasteiger partial charge in [-0.05, 0) is 36.4 Å². The largest absolute Gasteiger partial charge is 0.492 e. The van der Waals surface area contributed by atoms with E-state index in [0.29, 0.717) is 23.1 Å². The van der Waals surface area contributed by atoms with Gasteiger partial charge in [0.15, 0.2) is 9.84 Å². The van der Waals surface area contributed by atoms with Crippen molar-refractivity contribution in [2.75, 3.05) is 51.6 Å². The number of piperazine rings is 1. The SMILES string of the molecule is O=S(=O)(CCN1CCN(CCOc2ccccc2)CC1)c1ccc(Cl)cc1. The first kappa shape index (κ1) is 20.1. The van der Waals surface area contributed by atoms with Crippen molar-refractivity contribution in [2.24, 2.45) is 0 Å². The fourth-order valence-corrected chi connectivity index (χ4v) is 4.47. The van der Waals surface area contributed by atoms with Crippen LogP contribution in [0.3, 0.4) is 0 Å². The maximum atomic E-state index is 12.4. The van der Waals surface area contributed by atoms with Crippen LogP contribution in [0.5, 0.6) is 5.75 Å².